The van der Waals surface area contributed by atoms with Gasteiger partial charge in [-0.1, -0.05) is 175 Å². The molecule has 296 valence electrons. The summed E-state index contributed by atoms with van der Waals surface area (Å²) in [6.45, 7) is 2.15. The molecule has 5 heteroatoms. The molecule has 5 nitrogen and oxygen atoms in total. The average Bonchev–Trinajstić information content (AvgIpc) is 3.87. The van der Waals surface area contributed by atoms with Crippen molar-refractivity contribution < 1.29 is 0 Å². The Morgan fingerprint density at radius 3 is 1.37 bits per heavy atom. The maximum atomic E-state index is 5.34. The van der Waals surface area contributed by atoms with E-state index in [1.807, 2.05) is 36.4 Å². The number of rotatable bonds is 7. The lowest BCUT2D eigenvalue weighted by atomic mass is 9.99. The van der Waals surface area contributed by atoms with Crippen LogP contribution in [0.3, 0.4) is 0 Å². The molecule has 0 unspecified atom stereocenters. The van der Waals surface area contributed by atoms with Gasteiger partial charge < -0.3 is 9.13 Å². The van der Waals surface area contributed by atoms with Gasteiger partial charge in [0, 0.05) is 43.8 Å². The fraction of sp³-hybridized carbons (Fsp3) is 0.0172. The highest BCUT2D eigenvalue weighted by Gasteiger charge is 2.22. The second-order valence-electron chi connectivity index (χ2n) is 16.1. The summed E-state index contributed by atoms with van der Waals surface area (Å²) in [6.07, 6.45) is 0. The van der Waals surface area contributed by atoms with Gasteiger partial charge in [0.1, 0.15) is 0 Å². The molecule has 0 fully saturated rings. The molecule has 0 N–H and O–H groups in total. The van der Waals surface area contributed by atoms with Crippen molar-refractivity contribution in [3.63, 3.8) is 0 Å². The van der Waals surface area contributed by atoms with E-state index in [4.69, 9.17) is 15.0 Å². The van der Waals surface area contributed by atoms with Gasteiger partial charge in [-0.05, 0) is 72.1 Å². The molecule has 0 atom stereocenters. The molecule has 0 bridgehead atoms. The Balaban J connectivity index is 1.15. The molecule has 12 rings (SSSR count). The molecule has 9 aromatic carbocycles. The molecule has 0 spiro atoms. The minimum Gasteiger partial charge on any atom is -0.309 e. The Bertz CT molecular complexity index is 3580. The Hall–Kier alpha value is -8.41. The lowest BCUT2D eigenvalue weighted by Crippen LogP contribution is -2.04. The molecule has 0 saturated carbocycles. The standard InChI is InChI=1S/C58H39N5/c1-38-17-16-22-41(35-38)42-31-33-54-48(36-42)47-26-11-15-30-53(47)63(54)55-34-32-43(44-23-8-12-27-50(44)62-51-28-13-9-24-45(51)46-25-10-14-29-52(46)62)37-49(55)58-60-56(39-18-4-2-5-19-39)59-57(61-58)40-20-6-3-7-21-40/h2-37H,1H3. The highest BCUT2D eigenvalue weighted by molar-refractivity contribution is 6.12. The van der Waals surface area contributed by atoms with Crippen LogP contribution in [0.5, 0.6) is 0 Å². The topological polar surface area (TPSA) is 48.5 Å². The monoisotopic (exact) mass is 805 g/mol. The molecule has 0 radical (unpaired) electrons. The molecule has 0 amide bonds. The third kappa shape index (κ3) is 6.21. The number of benzene rings is 9. The van der Waals surface area contributed by atoms with E-state index in [0.29, 0.717) is 17.5 Å². The predicted octanol–water partition coefficient (Wildman–Crippen LogP) is 14.7. The first-order valence-electron chi connectivity index (χ1n) is 21.4. The van der Waals surface area contributed by atoms with Crippen LogP contribution in [0.2, 0.25) is 0 Å². The van der Waals surface area contributed by atoms with Gasteiger partial charge in [-0.25, -0.2) is 15.0 Å². The van der Waals surface area contributed by atoms with E-state index in [9.17, 15) is 0 Å². The Labute approximate surface area is 364 Å². The number of nitrogens with zero attached hydrogens (tertiary/aromatic N) is 5. The first-order chi connectivity index (χ1) is 31.2. The fourth-order valence-electron chi connectivity index (χ4n) is 9.34. The normalized spacial score (nSPS) is 11.6. The number of hydrogen-bond donors (Lipinski definition) is 0. The van der Waals surface area contributed by atoms with Gasteiger partial charge >= 0.3 is 0 Å². The van der Waals surface area contributed by atoms with Crippen molar-refractivity contribution in [3.05, 3.63) is 224 Å². The predicted molar refractivity (Wildman–Crippen MR) is 260 cm³/mol. The van der Waals surface area contributed by atoms with E-state index in [1.165, 1.54) is 38.2 Å². The highest BCUT2D eigenvalue weighted by Crippen LogP contribution is 2.42. The quantitative estimate of drug-likeness (QED) is 0.161. The summed E-state index contributed by atoms with van der Waals surface area (Å²) in [4.78, 5) is 15.8. The van der Waals surface area contributed by atoms with Crippen molar-refractivity contribution in [2.75, 3.05) is 0 Å². The van der Waals surface area contributed by atoms with Gasteiger partial charge in [0.25, 0.3) is 0 Å². The number of hydrogen-bond acceptors (Lipinski definition) is 3. The number of aryl methyl sites for hydroxylation is 1. The van der Waals surface area contributed by atoms with E-state index >= 15 is 0 Å². The molecule has 0 aliphatic heterocycles. The van der Waals surface area contributed by atoms with E-state index in [-0.39, 0.29) is 0 Å². The van der Waals surface area contributed by atoms with Crippen molar-refractivity contribution in [2.24, 2.45) is 0 Å². The van der Waals surface area contributed by atoms with E-state index in [0.717, 1.165) is 61.3 Å². The zero-order valence-corrected chi connectivity index (χ0v) is 34.5. The molecular formula is C58H39N5. The second kappa shape index (κ2) is 14.9. The zero-order valence-electron chi connectivity index (χ0n) is 34.5. The zero-order chi connectivity index (χ0) is 41.9. The van der Waals surface area contributed by atoms with Crippen molar-refractivity contribution in [1.82, 2.24) is 24.1 Å². The van der Waals surface area contributed by atoms with E-state index in [2.05, 4.69) is 198 Å². The first kappa shape index (κ1) is 36.4. The summed E-state index contributed by atoms with van der Waals surface area (Å²) >= 11 is 0. The Kier molecular flexibility index (Phi) is 8.64. The van der Waals surface area contributed by atoms with Crippen LogP contribution in [-0.4, -0.2) is 24.1 Å². The summed E-state index contributed by atoms with van der Waals surface area (Å²) in [5, 5.41) is 4.81. The van der Waals surface area contributed by atoms with Crippen LogP contribution in [0.1, 0.15) is 5.56 Å². The van der Waals surface area contributed by atoms with Crippen LogP contribution < -0.4 is 0 Å². The largest absolute Gasteiger partial charge is 0.309 e. The van der Waals surface area contributed by atoms with Crippen LogP contribution >= 0.6 is 0 Å². The van der Waals surface area contributed by atoms with Crippen LogP contribution in [0.15, 0.2) is 218 Å². The van der Waals surface area contributed by atoms with Crippen LogP contribution in [0.4, 0.5) is 0 Å². The molecule has 3 aromatic heterocycles. The molecule has 0 aliphatic carbocycles. The van der Waals surface area contributed by atoms with Gasteiger partial charge in [-0.3, -0.25) is 0 Å². The number of aromatic nitrogens is 5. The molecule has 0 aliphatic rings. The van der Waals surface area contributed by atoms with Gasteiger partial charge in [-0.2, -0.15) is 0 Å². The SMILES string of the molecule is Cc1cccc(-c2ccc3c(c2)c2ccccc2n3-c2ccc(-c3ccccc3-n3c4ccccc4c4ccccc43)cc2-c2nc(-c3ccccc3)nc(-c3ccccc3)n2)c1. The van der Waals surface area contributed by atoms with E-state index < -0.39 is 0 Å². The van der Waals surface area contributed by atoms with Crippen LogP contribution in [-0.2, 0) is 0 Å². The lowest BCUT2D eigenvalue weighted by molar-refractivity contribution is 1.06. The molecular weight excluding hydrogens is 767 g/mol. The third-order valence-electron chi connectivity index (χ3n) is 12.2. The summed E-state index contributed by atoms with van der Waals surface area (Å²) in [5.41, 5.74) is 15.1. The maximum absolute atomic E-state index is 5.34. The smallest absolute Gasteiger partial charge is 0.166 e. The van der Waals surface area contributed by atoms with Gasteiger partial charge in [-0.15, -0.1) is 0 Å². The van der Waals surface area contributed by atoms with Crippen molar-refractivity contribution in [2.45, 2.75) is 6.92 Å². The summed E-state index contributed by atoms with van der Waals surface area (Å²) < 4.78 is 4.78. The summed E-state index contributed by atoms with van der Waals surface area (Å²) in [5.74, 6) is 1.83. The van der Waals surface area contributed by atoms with Crippen molar-refractivity contribution in [3.8, 4) is 67.8 Å². The number of fused-ring (bicyclic) bond motifs is 6. The molecule has 12 aromatic rings. The highest BCUT2D eigenvalue weighted by atomic mass is 15.1. The average molecular weight is 806 g/mol. The Morgan fingerprint density at radius 2 is 0.746 bits per heavy atom. The Morgan fingerprint density at radius 1 is 0.286 bits per heavy atom. The second-order valence-corrected chi connectivity index (χ2v) is 16.1. The molecule has 3 heterocycles. The van der Waals surface area contributed by atoms with E-state index in [1.54, 1.807) is 0 Å². The lowest BCUT2D eigenvalue weighted by Gasteiger charge is -2.18. The van der Waals surface area contributed by atoms with Gasteiger partial charge in [0.2, 0.25) is 0 Å². The minimum absolute atomic E-state index is 0.594. The van der Waals surface area contributed by atoms with Crippen molar-refractivity contribution in [1.29, 1.82) is 0 Å². The van der Waals surface area contributed by atoms with Crippen molar-refractivity contribution >= 4 is 43.6 Å². The summed E-state index contributed by atoms with van der Waals surface area (Å²) in [6, 6.07) is 77.5. The van der Waals surface area contributed by atoms with Crippen LogP contribution in [0.25, 0.3) is 111 Å². The molecule has 63 heavy (non-hydrogen) atoms. The van der Waals surface area contributed by atoms with Gasteiger partial charge in [0.15, 0.2) is 17.5 Å². The van der Waals surface area contributed by atoms with Crippen LogP contribution in [0, 0.1) is 6.92 Å². The first-order valence-corrected chi connectivity index (χ1v) is 21.4. The minimum atomic E-state index is 0.594. The van der Waals surface area contributed by atoms with Gasteiger partial charge in [0.05, 0.1) is 33.4 Å². The maximum Gasteiger partial charge on any atom is 0.166 e. The fourth-order valence-corrected chi connectivity index (χ4v) is 9.34. The summed E-state index contributed by atoms with van der Waals surface area (Å²) in [7, 11) is 0. The third-order valence-corrected chi connectivity index (χ3v) is 12.2. The molecule has 0 saturated heterocycles. The number of para-hydroxylation sites is 4.